The average Bonchev–Trinajstić information content (AvgIpc) is 2.70. The smallest absolute Gasteiger partial charge is 0.261 e. The predicted octanol–water partition coefficient (Wildman–Crippen LogP) is 5.08. The summed E-state index contributed by atoms with van der Waals surface area (Å²) in [5, 5.41) is 2.66. The summed E-state index contributed by atoms with van der Waals surface area (Å²) >= 11 is 0. The summed E-state index contributed by atoms with van der Waals surface area (Å²) < 4.78 is 13.4. The summed E-state index contributed by atoms with van der Waals surface area (Å²) in [7, 11) is -2.47. The lowest BCUT2D eigenvalue weighted by atomic mass is 10.0. The normalized spacial score (nSPS) is 20.7. The van der Waals surface area contributed by atoms with Crippen molar-refractivity contribution in [3.8, 4) is 0 Å². The number of ether oxygens (including phenoxy) is 1. The van der Waals surface area contributed by atoms with E-state index in [0.717, 1.165) is 19.3 Å². The van der Waals surface area contributed by atoms with Crippen molar-refractivity contribution in [2.75, 3.05) is 6.61 Å². The fourth-order valence-corrected chi connectivity index (χ4v) is 9.03. The molecule has 0 amide bonds. The molecular formula is C25H34O2Si. The molecule has 0 N–H and O–H groups in total. The highest BCUT2D eigenvalue weighted by molar-refractivity contribution is 6.99. The third-order valence-electron chi connectivity index (χ3n) is 5.77. The van der Waals surface area contributed by atoms with E-state index in [2.05, 4.69) is 88.0 Å². The van der Waals surface area contributed by atoms with E-state index in [-0.39, 0.29) is 11.1 Å². The maximum absolute atomic E-state index is 7.02. The summed E-state index contributed by atoms with van der Waals surface area (Å²) in [6.45, 7) is 11.5. The lowest BCUT2D eigenvalue weighted by Crippen LogP contribution is -2.67. The maximum Gasteiger partial charge on any atom is 0.261 e. The Morgan fingerprint density at radius 1 is 0.964 bits per heavy atom. The Balaban J connectivity index is 1.94. The fourth-order valence-electron chi connectivity index (χ4n) is 4.44. The summed E-state index contributed by atoms with van der Waals surface area (Å²) in [6.07, 6.45) is 6.76. The molecule has 0 aromatic heterocycles. The molecule has 0 unspecified atom stereocenters. The van der Waals surface area contributed by atoms with Gasteiger partial charge in [-0.25, -0.2) is 0 Å². The van der Waals surface area contributed by atoms with Gasteiger partial charge in [0.05, 0.1) is 18.8 Å². The molecule has 2 aromatic carbocycles. The first-order valence-electron chi connectivity index (χ1n) is 10.5. The Hall–Kier alpha value is -1.68. The molecule has 0 radical (unpaired) electrons. The van der Waals surface area contributed by atoms with Crippen LogP contribution in [0.5, 0.6) is 0 Å². The van der Waals surface area contributed by atoms with Crippen LogP contribution in [0.25, 0.3) is 0 Å². The second-order valence-corrected chi connectivity index (χ2v) is 13.1. The molecule has 0 saturated carbocycles. The van der Waals surface area contributed by atoms with Crippen molar-refractivity contribution >= 4 is 18.7 Å². The molecule has 28 heavy (non-hydrogen) atoms. The van der Waals surface area contributed by atoms with Crippen molar-refractivity contribution in [3.63, 3.8) is 0 Å². The van der Waals surface area contributed by atoms with Crippen LogP contribution in [0, 0.1) is 0 Å². The Morgan fingerprint density at radius 2 is 1.50 bits per heavy atom. The second-order valence-electron chi connectivity index (χ2n) is 8.81. The summed E-state index contributed by atoms with van der Waals surface area (Å²) in [6, 6.07) is 21.7. The summed E-state index contributed by atoms with van der Waals surface area (Å²) in [5.41, 5.74) is 0. The van der Waals surface area contributed by atoms with Gasteiger partial charge in [-0.15, -0.1) is 6.58 Å². The Labute approximate surface area is 171 Å². The first-order valence-corrected chi connectivity index (χ1v) is 12.4. The molecule has 150 valence electrons. The van der Waals surface area contributed by atoms with E-state index in [1.54, 1.807) is 0 Å². The minimum Gasteiger partial charge on any atom is -0.405 e. The van der Waals surface area contributed by atoms with Crippen molar-refractivity contribution in [2.24, 2.45) is 0 Å². The minimum absolute atomic E-state index is 0.00485. The van der Waals surface area contributed by atoms with Gasteiger partial charge in [-0.05, 0) is 41.1 Å². The zero-order valence-corrected chi connectivity index (χ0v) is 18.6. The minimum atomic E-state index is -2.47. The van der Waals surface area contributed by atoms with Crippen molar-refractivity contribution in [1.29, 1.82) is 0 Å². The van der Waals surface area contributed by atoms with Crippen LogP contribution in [0.3, 0.4) is 0 Å². The molecule has 1 fully saturated rings. The van der Waals surface area contributed by atoms with Crippen molar-refractivity contribution in [2.45, 2.75) is 63.7 Å². The Morgan fingerprint density at radius 3 is 2.00 bits per heavy atom. The van der Waals surface area contributed by atoms with Gasteiger partial charge in [0.25, 0.3) is 8.32 Å². The molecule has 1 aliphatic rings. The van der Waals surface area contributed by atoms with Gasteiger partial charge >= 0.3 is 0 Å². The highest BCUT2D eigenvalue weighted by Crippen LogP contribution is 2.37. The van der Waals surface area contributed by atoms with E-state index in [1.165, 1.54) is 16.8 Å². The van der Waals surface area contributed by atoms with E-state index < -0.39 is 8.32 Å². The molecule has 1 heterocycles. The monoisotopic (exact) mass is 394 g/mol. The molecule has 3 rings (SSSR count). The molecule has 0 bridgehead atoms. The molecule has 3 heteroatoms. The molecule has 1 saturated heterocycles. The van der Waals surface area contributed by atoms with Gasteiger partial charge in [0.15, 0.2) is 0 Å². The Bertz CT molecular complexity index is 697. The molecule has 2 atom stereocenters. The van der Waals surface area contributed by atoms with E-state index in [1.807, 2.05) is 6.08 Å². The lowest BCUT2D eigenvalue weighted by molar-refractivity contribution is -0.0669. The molecule has 2 nitrogen and oxygen atoms in total. The number of hydrogen-bond acceptors (Lipinski definition) is 2. The van der Waals surface area contributed by atoms with Crippen molar-refractivity contribution in [1.82, 2.24) is 0 Å². The Kier molecular flexibility index (Phi) is 6.92. The highest BCUT2D eigenvalue weighted by Gasteiger charge is 2.50. The van der Waals surface area contributed by atoms with Gasteiger partial charge in [-0.2, -0.15) is 0 Å². The third-order valence-corrected chi connectivity index (χ3v) is 10.8. The van der Waals surface area contributed by atoms with Crippen LogP contribution in [-0.4, -0.2) is 27.1 Å². The SMILES string of the molecule is C=CC[C@H]1CCC[C@H](CO[Si](c2ccccc2)(c2ccccc2)C(C)(C)C)O1. The van der Waals surface area contributed by atoms with Crippen LogP contribution in [0.4, 0.5) is 0 Å². The van der Waals surface area contributed by atoms with E-state index in [9.17, 15) is 0 Å². The number of hydrogen-bond donors (Lipinski definition) is 0. The van der Waals surface area contributed by atoms with Gasteiger partial charge in [0.1, 0.15) is 0 Å². The zero-order valence-electron chi connectivity index (χ0n) is 17.6. The number of rotatable bonds is 7. The van der Waals surface area contributed by atoms with Crippen molar-refractivity contribution < 1.29 is 9.16 Å². The lowest BCUT2D eigenvalue weighted by Gasteiger charge is -2.44. The molecule has 2 aromatic rings. The van der Waals surface area contributed by atoms with Crippen molar-refractivity contribution in [3.05, 3.63) is 73.3 Å². The van der Waals surface area contributed by atoms with Gasteiger partial charge in [-0.1, -0.05) is 87.5 Å². The summed E-state index contributed by atoms with van der Waals surface area (Å²) in [4.78, 5) is 0. The van der Waals surface area contributed by atoms with E-state index >= 15 is 0 Å². The molecule has 0 spiro atoms. The second kappa shape index (κ2) is 9.21. The van der Waals surface area contributed by atoms with Crippen LogP contribution in [0.15, 0.2) is 73.3 Å². The van der Waals surface area contributed by atoms with Gasteiger partial charge in [0.2, 0.25) is 0 Å². The van der Waals surface area contributed by atoms with Gasteiger partial charge in [0, 0.05) is 0 Å². The highest BCUT2D eigenvalue weighted by atomic mass is 28.4. The average molecular weight is 395 g/mol. The maximum atomic E-state index is 7.02. The van der Waals surface area contributed by atoms with Crippen LogP contribution in [0.1, 0.15) is 46.5 Å². The predicted molar refractivity (Wildman–Crippen MR) is 121 cm³/mol. The molecule has 1 aliphatic heterocycles. The van der Waals surface area contributed by atoms with Crippen LogP contribution >= 0.6 is 0 Å². The largest absolute Gasteiger partial charge is 0.405 e. The van der Waals surface area contributed by atoms with Crippen LogP contribution in [0.2, 0.25) is 5.04 Å². The van der Waals surface area contributed by atoms with Gasteiger partial charge < -0.3 is 9.16 Å². The third kappa shape index (κ3) is 4.48. The van der Waals surface area contributed by atoms with Gasteiger partial charge in [-0.3, -0.25) is 0 Å². The van der Waals surface area contributed by atoms with E-state index in [0.29, 0.717) is 12.7 Å². The molecule has 0 aliphatic carbocycles. The fraction of sp³-hybridized carbons (Fsp3) is 0.440. The van der Waals surface area contributed by atoms with Crippen LogP contribution in [-0.2, 0) is 9.16 Å². The van der Waals surface area contributed by atoms with E-state index in [4.69, 9.17) is 9.16 Å². The first kappa shape index (κ1) is 21.0. The quantitative estimate of drug-likeness (QED) is 0.482. The topological polar surface area (TPSA) is 18.5 Å². The zero-order chi connectivity index (χ0) is 20.0. The summed E-state index contributed by atoms with van der Waals surface area (Å²) in [5.74, 6) is 0. The standard InChI is InChI=1S/C25H34O2Si/c1-5-13-21-14-12-15-22(27-21)20-26-28(25(2,3)4,23-16-8-6-9-17-23)24-18-10-7-11-19-24/h5-11,16-19,21-22H,1,12-15,20H2,2-4H3/t21-,22+/m0/s1. The number of benzene rings is 2. The van der Waals surface area contributed by atoms with Crippen LogP contribution < -0.4 is 10.4 Å². The molecular weight excluding hydrogens is 360 g/mol. The first-order chi connectivity index (χ1) is 13.5.